The van der Waals surface area contributed by atoms with E-state index in [0.29, 0.717) is 19.6 Å². The molecule has 0 spiro atoms. The average Bonchev–Trinajstić information content (AvgIpc) is 2.51. The van der Waals surface area contributed by atoms with Gasteiger partial charge in [0.1, 0.15) is 5.82 Å². The number of hydrogen-bond donors (Lipinski definition) is 1. The standard InChI is InChI=1S/C16H27N5O2S.HI/c1-16(2)12-21(8-9-24(16,22)23)15(17-3)19-11-13-6-7-14(18-10-13)20(4)5;/h6-7,10H,8-9,11-12H2,1-5H3,(H,17,19);1H. The molecule has 25 heavy (non-hydrogen) atoms. The molecule has 1 aliphatic heterocycles. The first-order valence-electron chi connectivity index (χ1n) is 7.96. The second-order valence-electron chi connectivity index (χ2n) is 6.82. The van der Waals surface area contributed by atoms with Crippen LogP contribution in [0.15, 0.2) is 23.3 Å². The SMILES string of the molecule is CN=C(NCc1ccc(N(C)C)nc1)N1CCS(=O)(=O)C(C)(C)C1.I. The molecule has 2 heterocycles. The largest absolute Gasteiger partial charge is 0.363 e. The van der Waals surface area contributed by atoms with Gasteiger partial charge in [0.05, 0.1) is 10.5 Å². The van der Waals surface area contributed by atoms with E-state index in [1.807, 2.05) is 42.2 Å². The molecule has 1 aromatic rings. The molecule has 9 heteroatoms. The predicted octanol–water partition coefficient (Wildman–Crippen LogP) is 1.35. The Balaban J connectivity index is 0.00000312. The van der Waals surface area contributed by atoms with Crippen molar-refractivity contribution in [3.63, 3.8) is 0 Å². The summed E-state index contributed by atoms with van der Waals surface area (Å²) in [6.45, 7) is 5.03. The summed E-state index contributed by atoms with van der Waals surface area (Å²) < 4.78 is 23.5. The van der Waals surface area contributed by atoms with Gasteiger partial charge in [0.2, 0.25) is 0 Å². The van der Waals surface area contributed by atoms with Crippen molar-refractivity contribution in [3.8, 4) is 0 Å². The molecule has 0 radical (unpaired) electrons. The van der Waals surface area contributed by atoms with Crippen molar-refractivity contribution in [2.75, 3.05) is 44.9 Å². The van der Waals surface area contributed by atoms with Gasteiger partial charge < -0.3 is 15.1 Å². The fraction of sp³-hybridized carbons (Fsp3) is 0.625. The minimum absolute atomic E-state index is 0. The molecule has 2 rings (SSSR count). The lowest BCUT2D eigenvalue weighted by Gasteiger charge is -2.39. The molecule has 1 fully saturated rings. The lowest BCUT2D eigenvalue weighted by Crippen LogP contribution is -2.57. The lowest BCUT2D eigenvalue weighted by atomic mass is 10.2. The molecule has 1 aromatic heterocycles. The van der Waals surface area contributed by atoms with Crippen molar-refractivity contribution < 1.29 is 8.42 Å². The van der Waals surface area contributed by atoms with Crippen molar-refractivity contribution in [2.24, 2.45) is 4.99 Å². The second kappa shape index (κ2) is 8.52. The van der Waals surface area contributed by atoms with Gasteiger partial charge in [0.25, 0.3) is 0 Å². The highest BCUT2D eigenvalue weighted by Gasteiger charge is 2.40. The van der Waals surface area contributed by atoms with Crippen molar-refractivity contribution >= 4 is 45.6 Å². The molecular weight excluding hydrogens is 453 g/mol. The van der Waals surface area contributed by atoms with Crippen LogP contribution < -0.4 is 10.2 Å². The number of rotatable bonds is 3. The van der Waals surface area contributed by atoms with E-state index in [-0.39, 0.29) is 29.7 Å². The Bertz CT molecular complexity index is 702. The van der Waals surface area contributed by atoms with E-state index in [1.54, 1.807) is 20.9 Å². The highest BCUT2D eigenvalue weighted by molar-refractivity contribution is 14.0. The maximum absolute atomic E-state index is 12.1. The van der Waals surface area contributed by atoms with Crippen molar-refractivity contribution in [2.45, 2.75) is 25.1 Å². The summed E-state index contributed by atoms with van der Waals surface area (Å²) >= 11 is 0. The molecule has 0 saturated carbocycles. The summed E-state index contributed by atoms with van der Waals surface area (Å²) in [6, 6.07) is 3.99. The lowest BCUT2D eigenvalue weighted by molar-refractivity contribution is 0.353. The average molecular weight is 481 g/mol. The number of hydrogen-bond acceptors (Lipinski definition) is 5. The molecule has 1 saturated heterocycles. The van der Waals surface area contributed by atoms with Crippen LogP contribution in [0.1, 0.15) is 19.4 Å². The number of aliphatic imine (C=N–C) groups is 1. The van der Waals surface area contributed by atoms with E-state index in [1.165, 1.54) is 0 Å². The van der Waals surface area contributed by atoms with Gasteiger partial charge in [0, 0.05) is 47.0 Å². The van der Waals surface area contributed by atoms with Gasteiger partial charge >= 0.3 is 0 Å². The third kappa shape index (κ3) is 5.19. The normalized spacial score (nSPS) is 19.1. The van der Waals surface area contributed by atoms with Gasteiger partial charge in [-0.2, -0.15) is 0 Å². The summed E-state index contributed by atoms with van der Waals surface area (Å²) in [6.07, 6.45) is 1.83. The molecule has 0 aliphatic carbocycles. The Hall–Kier alpha value is -1.10. The maximum Gasteiger partial charge on any atom is 0.193 e. The fourth-order valence-corrected chi connectivity index (χ4v) is 3.99. The van der Waals surface area contributed by atoms with Crippen molar-refractivity contribution in [3.05, 3.63) is 23.9 Å². The minimum atomic E-state index is -3.05. The highest BCUT2D eigenvalue weighted by Crippen LogP contribution is 2.23. The Morgan fingerprint density at radius 3 is 2.56 bits per heavy atom. The van der Waals surface area contributed by atoms with Crippen LogP contribution in [0.25, 0.3) is 0 Å². The maximum atomic E-state index is 12.1. The molecule has 0 bridgehead atoms. The first-order valence-corrected chi connectivity index (χ1v) is 9.62. The van der Waals surface area contributed by atoms with Crippen LogP contribution in [0.3, 0.4) is 0 Å². The number of nitrogens with one attached hydrogen (secondary N) is 1. The number of anilines is 1. The Kier molecular flexibility index (Phi) is 7.48. The number of aromatic nitrogens is 1. The highest BCUT2D eigenvalue weighted by atomic mass is 127. The first kappa shape index (κ1) is 21.9. The number of halogens is 1. The summed E-state index contributed by atoms with van der Waals surface area (Å²) in [5.74, 6) is 1.78. The van der Waals surface area contributed by atoms with Crippen LogP contribution in [0, 0.1) is 0 Å². The summed E-state index contributed by atoms with van der Waals surface area (Å²) in [7, 11) is 2.56. The topological polar surface area (TPSA) is 77.9 Å². The van der Waals surface area contributed by atoms with Gasteiger partial charge in [-0.05, 0) is 25.5 Å². The minimum Gasteiger partial charge on any atom is -0.363 e. The Morgan fingerprint density at radius 1 is 1.40 bits per heavy atom. The van der Waals surface area contributed by atoms with E-state index >= 15 is 0 Å². The van der Waals surface area contributed by atoms with Gasteiger partial charge in [-0.25, -0.2) is 13.4 Å². The fourth-order valence-electron chi connectivity index (χ4n) is 2.62. The zero-order valence-corrected chi connectivity index (χ0v) is 18.6. The van der Waals surface area contributed by atoms with E-state index in [2.05, 4.69) is 15.3 Å². The van der Waals surface area contributed by atoms with Crippen molar-refractivity contribution in [1.29, 1.82) is 0 Å². The zero-order valence-electron chi connectivity index (χ0n) is 15.5. The molecule has 142 valence electrons. The Labute approximate surface area is 167 Å². The molecule has 0 aromatic carbocycles. The van der Waals surface area contributed by atoms with Gasteiger partial charge in [-0.3, -0.25) is 4.99 Å². The van der Waals surface area contributed by atoms with Gasteiger partial charge in [0.15, 0.2) is 15.8 Å². The third-order valence-corrected chi connectivity index (χ3v) is 6.81. The predicted molar refractivity (Wildman–Crippen MR) is 114 cm³/mol. The molecule has 0 amide bonds. The molecular formula is C16H28IN5O2S. The van der Waals surface area contributed by atoms with Crippen LogP contribution in [0.2, 0.25) is 0 Å². The van der Waals surface area contributed by atoms with E-state index < -0.39 is 14.6 Å². The van der Waals surface area contributed by atoms with Crippen LogP contribution in [0.5, 0.6) is 0 Å². The third-order valence-electron chi connectivity index (χ3n) is 4.27. The summed E-state index contributed by atoms with van der Waals surface area (Å²) in [5.41, 5.74) is 1.05. The van der Waals surface area contributed by atoms with Crippen LogP contribution in [0.4, 0.5) is 5.82 Å². The quantitative estimate of drug-likeness (QED) is 0.399. The molecule has 1 N–H and O–H groups in total. The Morgan fingerprint density at radius 2 is 2.08 bits per heavy atom. The molecule has 7 nitrogen and oxygen atoms in total. The summed E-state index contributed by atoms with van der Waals surface area (Å²) in [4.78, 5) is 12.6. The monoisotopic (exact) mass is 481 g/mol. The molecule has 0 unspecified atom stereocenters. The number of pyridine rings is 1. The van der Waals surface area contributed by atoms with Crippen LogP contribution in [-0.2, 0) is 16.4 Å². The van der Waals surface area contributed by atoms with E-state index in [0.717, 1.165) is 17.3 Å². The first-order chi connectivity index (χ1) is 11.2. The van der Waals surface area contributed by atoms with E-state index in [9.17, 15) is 8.42 Å². The number of sulfone groups is 1. The smallest absolute Gasteiger partial charge is 0.193 e. The van der Waals surface area contributed by atoms with Gasteiger partial charge in [-0.1, -0.05) is 6.07 Å². The van der Waals surface area contributed by atoms with Gasteiger partial charge in [-0.15, -0.1) is 24.0 Å². The second-order valence-corrected chi connectivity index (χ2v) is 9.56. The van der Waals surface area contributed by atoms with E-state index in [4.69, 9.17) is 0 Å². The molecule has 1 aliphatic rings. The zero-order chi connectivity index (χ0) is 18.0. The van der Waals surface area contributed by atoms with Crippen LogP contribution >= 0.6 is 24.0 Å². The summed E-state index contributed by atoms with van der Waals surface area (Å²) in [5, 5.41) is 3.30. The van der Waals surface area contributed by atoms with Crippen molar-refractivity contribution in [1.82, 2.24) is 15.2 Å². The number of guanidine groups is 1. The number of nitrogens with zero attached hydrogens (tertiary/aromatic N) is 4. The van der Waals surface area contributed by atoms with Crippen LogP contribution in [-0.4, -0.2) is 69.0 Å². The molecule has 0 atom stereocenters.